The van der Waals surface area contributed by atoms with Gasteiger partial charge in [0.05, 0.1) is 22.1 Å². The Bertz CT molecular complexity index is 2540. The maximum atomic E-state index is 14.0. The van der Waals surface area contributed by atoms with Crippen LogP contribution in [0.15, 0.2) is 119 Å². The van der Waals surface area contributed by atoms with Gasteiger partial charge in [-0.25, -0.2) is 0 Å². The highest BCUT2D eigenvalue weighted by molar-refractivity contribution is 7.22. The number of fused-ring (bicyclic) bond motifs is 6. The minimum atomic E-state index is -0.0236. The molecule has 0 aliphatic carbocycles. The van der Waals surface area contributed by atoms with Crippen LogP contribution in [0.25, 0.3) is 84.7 Å². The minimum absolute atomic E-state index is 0.0236. The Balaban J connectivity index is 1.27. The van der Waals surface area contributed by atoms with Crippen molar-refractivity contribution in [3.8, 4) is 20.9 Å². The van der Waals surface area contributed by atoms with E-state index < -0.39 is 0 Å². The summed E-state index contributed by atoms with van der Waals surface area (Å²) in [6.45, 7) is 0. The quantitative estimate of drug-likeness (QED) is 0.185. The van der Waals surface area contributed by atoms with Crippen molar-refractivity contribution in [3.63, 3.8) is 0 Å². The molecule has 0 saturated carbocycles. The first-order valence-electron chi connectivity index (χ1n) is 14.5. The number of benzene rings is 5. The fourth-order valence-corrected chi connectivity index (χ4v) is 8.72. The summed E-state index contributed by atoms with van der Waals surface area (Å²) in [5.74, 6) is 0. The van der Waals surface area contributed by atoms with E-state index in [-0.39, 0.29) is 10.9 Å². The Morgan fingerprint density at radius 1 is 0.455 bits per heavy atom. The molecule has 0 spiro atoms. The van der Waals surface area contributed by atoms with Gasteiger partial charge in [0.2, 0.25) is 0 Å². The molecular formula is C38H24N2O2S2. The summed E-state index contributed by atoms with van der Waals surface area (Å²) in [5.41, 5.74) is 5.30. The van der Waals surface area contributed by atoms with Crippen molar-refractivity contribution in [1.29, 1.82) is 0 Å². The number of rotatable bonds is 2. The van der Waals surface area contributed by atoms with Gasteiger partial charge in [0.1, 0.15) is 0 Å². The molecule has 4 nitrogen and oxygen atoms in total. The van der Waals surface area contributed by atoms with E-state index in [0.29, 0.717) is 21.5 Å². The first-order chi connectivity index (χ1) is 21.4. The SMILES string of the molecule is Cn1c2cc(-c3cc4ccccc4s3)ccc2c(=O)c2cc3c(cc21)c(=O)c1ccc(-c2cc4ccccc4s2)cc1n3C. The molecule has 5 aromatic carbocycles. The molecule has 0 bridgehead atoms. The van der Waals surface area contributed by atoms with Gasteiger partial charge in [-0.05, 0) is 82.6 Å². The smallest absolute Gasteiger partial charge is 0.197 e. The summed E-state index contributed by atoms with van der Waals surface area (Å²) in [6, 6.07) is 37.1. The van der Waals surface area contributed by atoms with Gasteiger partial charge in [-0.15, -0.1) is 22.7 Å². The predicted molar refractivity (Wildman–Crippen MR) is 189 cm³/mol. The van der Waals surface area contributed by atoms with Crippen LogP contribution in [-0.2, 0) is 14.1 Å². The van der Waals surface area contributed by atoms with Gasteiger partial charge in [0.25, 0.3) is 0 Å². The van der Waals surface area contributed by atoms with Crippen molar-refractivity contribution < 1.29 is 0 Å². The van der Waals surface area contributed by atoms with Gasteiger partial charge in [-0.1, -0.05) is 48.5 Å². The minimum Gasteiger partial charge on any atom is -0.343 e. The van der Waals surface area contributed by atoms with Gasteiger partial charge in [0.15, 0.2) is 10.9 Å². The monoisotopic (exact) mass is 604 g/mol. The molecule has 6 heteroatoms. The van der Waals surface area contributed by atoms with Gasteiger partial charge in [-0.3, -0.25) is 9.59 Å². The van der Waals surface area contributed by atoms with Crippen molar-refractivity contribution in [2.75, 3.05) is 0 Å². The maximum absolute atomic E-state index is 14.0. The molecule has 0 atom stereocenters. The molecule has 0 saturated heterocycles. The van der Waals surface area contributed by atoms with E-state index in [9.17, 15) is 9.59 Å². The zero-order valence-electron chi connectivity index (χ0n) is 23.9. The van der Waals surface area contributed by atoms with Crippen molar-refractivity contribution in [3.05, 3.63) is 130 Å². The Morgan fingerprint density at radius 2 is 0.864 bits per heavy atom. The molecule has 0 N–H and O–H groups in total. The van der Waals surface area contributed by atoms with Gasteiger partial charge in [-0.2, -0.15) is 0 Å². The third kappa shape index (κ3) is 3.62. The Hall–Kier alpha value is -5.04. The average molecular weight is 605 g/mol. The van der Waals surface area contributed by atoms with Crippen LogP contribution in [0, 0.1) is 0 Å². The predicted octanol–water partition coefficient (Wildman–Crippen LogP) is 9.46. The Morgan fingerprint density at radius 3 is 1.30 bits per heavy atom. The van der Waals surface area contributed by atoms with Crippen LogP contribution < -0.4 is 10.9 Å². The van der Waals surface area contributed by atoms with E-state index >= 15 is 0 Å². The Kier molecular flexibility index (Phi) is 5.34. The lowest BCUT2D eigenvalue weighted by atomic mass is 10.0. The van der Waals surface area contributed by atoms with Crippen molar-refractivity contribution in [1.82, 2.24) is 9.13 Å². The van der Waals surface area contributed by atoms with E-state index in [0.717, 1.165) is 42.9 Å². The second-order valence-corrected chi connectivity index (χ2v) is 13.6. The fraction of sp³-hybridized carbons (Fsp3) is 0.0526. The van der Waals surface area contributed by atoms with Crippen LogP contribution in [0.2, 0.25) is 0 Å². The number of hydrogen-bond donors (Lipinski definition) is 0. The van der Waals surface area contributed by atoms with Crippen molar-refractivity contribution in [2.24, 2.45) is 14.1 Å². The van der Waals surface area contributed by atoms with Crippen molar-refractivity contribution >= 4 is 86.5 Å². The maximum Gasteiger partial charge on any atom is 0.197 e. The fourth-order valence-electron chi connectivity index (χ4n) is 6.60. The lowest BCUT2D eigenvalue weighted by molar-refractivity contribution is 0.994. The third-order valence-electron chi connectivity index (χ3n) is 8.95. The summed E-state index contributed by atoms with van der Waals surface area (Å²) in [6.07, 6.45) is 0. The normalized spacial score (nSPS) is 12.0. The Labute approximate surface area is 259 Å². The summed E-state index contributed by atoms with van der Waals surface area (Å²) < 4.78 is 6.58. The summed E-state index contributed by atoms with van der Waals surface area (Å²) in [5, 5.41) is 4.98. The molecule has 0 amide bonds. The number of aromatic nitrogens is 2. The number of nitrogens with zero attached hydrogens (tertiary/aromatic N) is 2. The lowest BCUT2D eigenvalue weighted by Gasteiger charge is -2.15. The molecule has 9 rings (SSSR count). The highest BCUT2D eigenvalue weighted by Crippen LogP contribution is 2.37. The van der Waals surface area contributed by atoms with Gasteiger partial charge < -0.3 is 9.13 Å². The standard InChI is InChI=1S/C38H24N2O2S2/c1-39-29-15-23(35-17-21-7-3-5-9-33(21)43-35)11-13-25(29)37(41)27-20-32-28(19-31(27)39)38(42)26-14-12-24(16-30(26)40(32)2)36-18-22-8-4-6-10-34(22)44-36/h3-20H,1-2H3. The zero-order valence-corrected chi connectivity index (χ0v) is 25.6. The van der Waals surface area contributed by atoms with Crippen LogP contribution in [0.4, 0.5) is 0 Å². The molecule has 9 aromatic rings. The molecule has 4 aromatic heterocycles. The largest absolute Gasteiger partial charge is 0.343 e. The van der Waals surface area contributed by atoms with Crippen LogP contribution in [0.5, 0.6) is 0 Å². The van der Waals surface area contributed by atoms with E-state index in [1.165, 1.54) is 20.2 Å². The third-order valence-corrected chi connectivity index (χ3v) is 11.3. The first kappa shape index (κ1) is 25.5. The van der Waals surface area contributed by atoms with E-state index in [2.05, 4.69) is 81.9 Å². The number of thiophene rings is 2. The molecule has 0 aliphatic rings. The number of aryl methyl sites for hydroxylation is 2. The second kappa shape index (κ2) is 9.23. The number of hydrogen-bond acceptors (Lipinski definition) is 4. The van der Waals surface area contributed by atoms with E-state index in [1.807, 2.05) is 50.5 Å². The van der Waals surface area contributed by atoms with Crippen molar-refractivity contribution in [2.45, 2.75) is 0 Å². The molecule has 210 valence electrons. The second-order valence-electron chi connectivity index (χ2n) is 11.4. The van der Waals surface area contributed by atoms with E-state index in [1.54, 1.807) is 22.7 Å². The summed E-state index contributed by atoms with van der Waals surface area (Å²) in [4.78, 5) is 30.2. The molecule has 4 heterocycles. The van der Waals surface area contributed by atoms with E-state index in [4.69, 9.17) is 0 Å². The van der Waals surface area contributed by atoms with Gasteiger partial charge in [0, 0.05) is 54.8 Å². The molecule has 0 aliphatic heterocycles. The van der Waals surface area contributed by atoms with Crippen LogP contribution in [0.1, 0.15) is 0 Å². The summed E-state index contributed by atoms with van der Waals surface area (Å²) >= 11 is 3.50. The van der Waals surface area contributed by atoms with Crippen LogP contribution in [-0.4, -0.2) is 9.13 Å². The molecule has 0 radical (unpaired) electrons. The molecule has 0 unspecified atom stereocenters. The lowest BCUT2D eigenvalue weighted by Crippen LogP contribution is -2.13. The highest BCUT2D eigenvalue weighted by Gasteiger charge is 2.17. The topological polar surface area (TPSA) is 44.0 Å². The number of pyridine rings is 2. The van der Waals surface area contributed by atoms with Gasteiger partial charge >= 0.3 is 0 Å². The average Bonchev–Trinajstić information content (AvgIpc) is 3.70. The molecule has 44 heavy (non-hydrogen) atoms. The van der Waals surface area contributed by atoms with Crippen LogP contribution in [0.3, 0.4) is 0 Å². The first-order valence-corrected chi connectivity index (χ1v) is 16.1. The molecular weight excluding hydrogens is 581 g/mol. The molecule has 0 fully saturated rings. The summed E-state index contributed by atoms with van der Waals surface area (Å²) in [7, 11) is 3.96. The highest BCUT2D eigenvalue weighted by atomic mass is 32.1. The van der Waals surface area contributed by atoms with Crippen LogP contribution >= 0.6 is 22.7 Å². The zero-order chi connectivity index (χ0) is 29.7.